The van der Waals surface area contributed by atoms with Crippen LogP contribution in [0.2, 0.25) is 0 Å². The van der Waals surface area contributed by atoms with Crippen molar-refractivity contribution in [3.05, 3.63) is 127 Å². The Kier molecular flexibility index (Phi) is 5.85. The molecule has 37 heavy (non-hydrogen) atoms. The fourth-order valence-electron chi connectivity index (χ4n) is 4.59. The van der Waals surface area contributed by atoms with E-state index in [2.05, 4.69) is 50.3 Å². The Bertz CT molecular complexity index is 1590. The summed E-state index contributed by atoms with van der Waals surface area (Å²) in [6, 6.07) is 26.6. The molecular weight excluding hydrogens is 456 g/mol. The van der Waals surface area contributed by atoms with Crippen molar-refractivity contribution in [3.8, 4) is 28.5 Å². The van der Waals surface area contributed by atoms with Crippen LogP contribution >= 0.6 is 0 Å². The van der Waals surface area contributed by atoms with Crippen molar-refractivity contribution in [3.63, 3.8) is 0 Å². The van der Waals surface area contributed by atoms with E-state index in [1.807, 2.05) is 88.5 Å². The van der Waals surface area contributed by atoms with Crippen LogP contribution in [-0.2, 0) is 5.41 Å². The number of pyridine rings is 2. The summed E-state index contributed by atoms with van der Waals surface area (Å²) < 4.78 is 3.88. The van der Waals surface area contributed by atoms with Gasteiger partial charge in [-0.25, -0.2) is 4.68 Å². The number of allylic oxidation sites excluding steroid dienone is 4. The van der Waals surface area contributed by atoms with Crippen LogP contribution < -0.4 is 0 Å². The zero-order valence-corrected chi connectivity index (χ0v) is 20.9. The van der Waals surface area contributed by atoms with E-state index in [1.54, 1.807) is 0 Å². The molecule has 0 fully saturated rings. The summed E-state index contributed by atoms with van der Waals surface area (Å²) in [5.41, 5.74) is 5.89. The third-order valence-electron chi connectivity index (χ3n) is 6.82. The van der Waals surface area contributed by atoms with Gasteiger partial charge in [-0.05, 0) is 68.8 Å². The molecule has 0 amide bonds. The van der Waals surface area contributed by atoms with Gasteiger partial charge in [0, 0.05) is 17.8 Å². The predicted octanol–water partition coefficient (Wildman–Crippen LogP) is 6.58. The Balaban J connectivity index is 1.28. The van der Waals surface area contributed by atoms with Crippen LogP contribution in [0.4, 0.5) is 0 Å². The Morgan fingerprint density at radius 3 is 2.03 bits per heavy atom. The maximum absolute atomic E-state index is 5.03. The van der Waals surface area contributed by atoms with Crippen molar-refractivity contribution in [2.45, 2.75) is 31.7 Å². The molecule has 6 rings (SSSR count). The second kappa shape index (κ2) is 9.47. The number of rotatable bonds is 6. The quantitative estimate of drug-likeness (QED) is 0.273. The fourth-order valence-corrected chi connectivity index (χ4v) is 4.59. The predicted molar refractivity (Wildman–Crippen MR) is 146 cm³/mol. The van der Waals surface area contributed by atoms with E-state index in [1.165, 1.54) is 0 Å². The van der Waals surface area contributed by atoms with E-state index in [-0.39, 0.29) is 6.04 Å². The first-order valence-electron chi connectivity index (χ1n) is 12.5. The topological polar surface area (TPSA) is 61.4 Å². The van der Waals surface area contributed by atoms with Gasteiger partial charge in [0.2, 0.25) is 0 Å². The molecule has 0 radical (unpaired) electrons. The normalized spacial score (nSPS) is 15.2. The van der Waals surface area contributed by atoms with Crippen molar-refractivity contribution in [1.29, 1.82) is 0 Å². The number of aromatic nitrogens is 6. The Labute approximate surface area is 216 Å². The molecular formula is C31H28N6. The second-order valence-corrected chi connectivity index (χ2v) is 9.72. The summed E-state index contributed by atoms with van der Waals surface area (Å²) in [5.74, 6) is 0. The van der Waals surface area contributed by atoms with E-state index in [4.69, 9.17) is 20.2 Å². The minimum Gasteiger partial charge on any atom is -0.265 e. The Hall–Kier alpha value is -4.58. The van der Waals surface area contributed by atoms with Crippen LogP contribution in [-0.4, -0.2) is 29.5 Å². The first kappa shape index (κ1) is 22.9. The molecule has 0 saturated carbocycles. The van der Waals surface area contributed by atoms with Crippen molar-refractivity contribution >= 4 is 0 Å². The van der Waals surface area contributed by atoms with Crippen molar-refractivity contribution in [2.75, 3.05) is 0 Å². The molecule has 1 aromatic carbocycles. The van der Waals surface area contributed by atoms with E-state index in [0.717, 1.165) is 46.3 Å². The Morgan fingerprint density at radius 2 is 1.35 bits per heavy atom. The third-order valence-corrected chi connectivity index (χ3v) is 6.82. The van der Waals surface area contributed by atoms with Crippen molar-refractivity contribution in [2.24, 2.45) is 0 Å². The highest BCUT2D eigenvalue weighted by Gasteiger charge is 2.27. The van der Waals surface area contributed by atoms with Gasteiger partial charge in [0.1, 0.15) is 11.4 Å². The molecule has 5 aromatic rings. The van der Waals surface area contributed by atoms with E-state index in [9.17, 15) is 0 Å². The highest BCUT2D eigenvalue weighted by molar-refractivity contribution is 5.56. The molecule has 0 bridgehead atoms. The zero-order valence-electron chi connectivity index (χ0n) is 20.9. The highest BCUT2D eigenvalue weighted by atomic mass is 15.3. The molecule has 1 aliphatic rings. The molecule has 6 nitrogen and oxygen atoms in total. The molecule has 0 aliphatic heterocycles. The lowest BCUT2D eigenvalue weighted by atomic mass is 9.84. The number of para-hydroxylation sites is 1. The lowest BCUT2D eigenvalue weighted by molar-refractivity contribution is 0.542. The summed E-state index contributed by atoms with van der Waals surface area (Å²) in [6.07, 6.45) is 13.4. The lowest BCUT2D eigenvalue weighted by Gasteiger charge is -2.24. The standard InChI is InChI=1S/C31H28N6/c1-31(2,29-17-9-15-25(32-29)27-19-21-36(34-27)23-11-5-3-6-12-23)30-18-10-16-26(33-30)28-20-22-37(35-28)24-13-7-4-8-14-24/h3-13,15-22,24H,14H2,1-2H3. The average Bonchev–Trinajstić information content (AvgIpc) is 3.65. The smallest absolute Gasteiger partial charge is 0.111 e. The number of benzene rings is 1. The van der Waals surface area contributed by atoms with Gasteiger partial charge in [-0.3, -0.25) is 14.6 Å². The minimum absolute atomic E-state index is 0.246. The van der Waals surface area contributed by atoms with Gasteiger partial charge in [-0.15, -0.1) is 0 Å². The molecule has 1 aliphatic carbocycles. The largest absolute Gasteiger partial charge is 0.265 e. The molecule has 6 heteroatoms. The molecule has 0 spiro atoms. The van der Waals surface area contributed by atoms with E-state index in [0.29, 0.717) is 0 Å². The van der Waals surface area contributed by atoms with E-state index >= 15 is 0 Å². The van der Waals surface area contributed by atoms with Gasteiger partial charge < -0.3 is 0 Å². The Morgan fingerprint density at radius 1 is 0.676 bits per heavy atom. The van der Waals surface area contributed by atoms with E-state index < -0.39 is 5.41 Å². The number of nitrogens with zero attached hydrogens (tertiary/aromatic N) is 6. The van der Waals surface area contributed by atoms with Gasteiger partial charge >= 0.3 is 0 Å². The summed E-state index contributed by atoms with van der Waals surface area (Å²) >= 11 is 0. The van der Waals surface area contributed by atoms with Crippen LogP contribution in [0.5, 0.6) is 0 Å². The van der Waals surface area contributed by atoms with Gasteiger partial charge in [0.25, 0.3) is 0 Å². The maximum atomic E-state index is 5.03. The van der Waals surface area contributed by atoms with Crippen LogP contribution in [0, 0.1) is 0 Å². The molecule has 1 unspecified atom stereocenters. The van der Waals surface area contributed by atoms with Crippen LogP contribution in [0.1, 0.15) is 37.7 Å². The van der Waals surface area contributed by atoms with Gasteiger partial charge in [-0.1, -0.05) is 54.6 Å². The van der Waals surface area contributed by atoms with Crippen LogP contribution in [0.25, 0.3) is 28.5 Å². The number of hydrogen-bond acceptors (Lipinski definition) is 4. The number of hydrogen-bond donors (Lipinski definition) is 0. The van der Waals surface area contributed by atoms with Gasteiger partial charge in [0.05, 0.1) is 34.5 Å². The highest BCUT2D eigenvalue weighted by Crippen LogP contribution is 2.32. The first-order valence-corrected chi connectivity index (χ1v) is 12.5. The molecule has 182 valence electrons. The van der Waals surface area contributed by atoms with Gasteiger partial charge in [0.15, 0.2) is 0 Å². The summed E-state index contributed by atoms with van der Waals surface area (Å²) in [5, 5.41) is 9.58. The summed E-state index contributed by atoms with van der Waals surface area (Å²) in [6.45, 7) is 4.32. The zero-order chi connectivity index (χ0) is 25.2. The van der Waals surface area contributed by atoms with Crippen LogP contribution in [0.3, 0.4) is 0 Å². The second-order valence-electron chi connectivity index (χ2n) is 9.72. The maximum Gasteiger partial charge on any atom is 0.111 e. The summed E-state index contributed by atoms with van der Waals surface area (Å²) in [7, 11) is 0. The third kappa shape index (κ3) is 4.54. The minimum atomic E-state index is -0.409. The van der Waals surface area contributed by atoms with Gasteiger partial charge in [-0.2, -0.15) is 10.2 Å². The first-order chi connectivity index (χ1) is 18.1. The monoisotopic (exact) mass is 484 g/mol. The fraction of sp³-hybridized carbons (Fsp3) is 0.161. The van der Waals surface area contributed by atoms with Crippen molar-refractivity contribution < 1.29 is 0 Å². The molecule has 0 N–H and O–H groups in total. The molecule has 0 saturated heterocycles. The van der Waals surface area contributed by atoms with Crippen molar-refractivity contribution in [1.82, 2.24) is 29.5 Å². The molecule has 1 atom stereocenters. The summed E-state index contributed by atoms with van der Waals surface area (Å²) in [4.78, 5) is 10.0. The van der Waals surface area contributed by atoms with Crippen LogP contribution in [0.15, 0.2) is 116 Å². The molecule has 4 aromatic heterocycles. The SMILES string of the molecule is CC(C)(c1cccc(-c2ccn(-c3ccccc3)n2)n1)c1cccc(-c2ccn(C3C=CC=CC3)n2)n1. The average molecular weight is 485 g/mol. The molecule has 4 heterocycles. The lowest BCUT2D eigenvalue weighted by Crippen LogP contribution is -2.22.